The molecule has 0 saturated heterocycles. The number of anilines is 1. The fraction of sp³-hybridized carbons (Fsp3) is 0.321. The van der Waals surface area contributed by atoms with Crippen LogP contribution < -0.4 is 10.5 Å². The highest BCUT2D eigenvalue weighted by Crippen LogP contribution is 2.38. The predicted molar refractivity (Wildman–Crippen MR) is 140 cm³/mol. The second kappa shape index (κ2) is 10.7. The van der Waals surface area contributed by atoms with Crippen molar-refractivity contribution >= 4 is 17.8 Å². The van der Waals surface area contributed by atoms with E-state index in [9.17, 15) is 9.90 Å². The number of ether oxygens (including phenoxy) is 2. The summed E-state index contributed by atoms with van der Waals surface area (Å²) in [6, 6.07) is 10.2. The van der Waals surface area contributed by atoms with E-state index in [0.29, 0.717) is 52.5 Å². The first-order valence-electron chi connectivity index (χ1n) is 11.9. The molecule has 1 aliphatic heterocycles. The van der Waals surface area contributed by atoms with Crippen molar-refractivity contribution in [3.63, 3.8) is 0 Å². The number of nitrogens with two attached hydrogens (primary N) is 1. The lowest BCUT2D eigenvalue weighted by Crippen LogP contribution is -2.25. The summed E-state index contributed by atoms with van der Waals surface area (Å²) in [4.78, 5) is 22.7. The largest absolute Gasteiger partial charge is 0.491 e. The van der Waals surface area contributed by atoms with Crippen LogP contribution in [0.1, 0.15) is 46.6 Å². The van der Waals surface area contributed by atoms with Crippen molar-refractivity contribution in [3.05, 3.63) is 76.4 Å². The monoisotopic (exact) mass is 506 g/mol. The van der Waals surface area contributed by atoms with Crippen molar-refractivity contribution in [3.8, 4) is 16.9 Å². The molecule has 0 radical (unpaired) electrons. The lowest BCUT2D eigenvalue weighted by atomic mass is 9.89. The van der Waals surface area contributed by atoms with Crippen molar-refractivity contribution in [2.24, 2.45) is 4.99 Å². The van der Waals surface area contributed by atoms with Gasteiger partial charge in [0.2, 0.25) is 0 Å². The van der Waals surface area contributed by atoms with Crippen LogP contribution >= 0.6 is 0 Å². The van der Waals surface area contributed by atoms with E-state index in [0.717, 1.165) is 5.56 Å². The molecule has 1 amide bonds. The van der Waals surface area contributed by atoms with Crippen molar-refractivity contribution in [2.75, 3.05) is 33.1 Å². The zero-order valence-corrected chi connectivity index (χ0v) is 21.4. The Kier molecular flexibility index (Phi) is 7.56. The highest BCUT2D eigenvalue weighted by Gasteiger charge is 2.30. The van der Waals surface area contributed by atoms with Crippen LogP contribution in [0.4, 0.5) is 10.1 Å². The van der Waals surface area contributed by atoms with Gasteiger partial charge in [0.05, 0.1) is 18.8 Å². The standard InChI is InChI=1S/C28H31FN4O4/c1-28(2,35)22-8-7-19(20(14-31-3)25(22)30)18-12-23(29)21(24(13-18)37-11-10-36-4)16-33-15-17-6-5-9-32-26(17)27(33)34/h5-9,12-14,35H,10-11,15-16,30H2,1-4H3. The van der Waals surface area contributed by atoms with Crippen LogP contribution in [-0.2, 0) is 23.4 Å². The molecule has 0 fully saturated rings. The number of methoxy groups -OCH3 is 1. The van der Waals surface area contributed by atoms with Gasteiger partial charge in [-0.15, -0.1) is 0 Å². The minimum absolute atomic E-state index is 0.0205. The molecule has 0 spiro atoms. The molecule has 0 aliphatic carbocycles. The fourth-order valence-corrected chi connectivity index (χ4v) is 4.48. The van der Waals surface area contributed by atoms with Gasteiger partial charge in [0.25, 0.3) is 5.91 Å². The van der Waals surface area contributed by atoms with E-state index in [1.54, 1.807) is 69.6 Å². The van der Waals surface area contributed by atoms with Crippen LogP contribution in [0, 0.1) is 5.82 Å². The number of aromatic nitrogens is 1. The molecular formula is C28H31FN4O4. The maximum Gasteiger partial charge on any atom is 0.273 e. The minimum atomic E-state index is -1.17. The maximum atomic E-state index is 15.7. The number of rotatable bonds is 9. The Bertz CT molecular complexity index is 1350. The van der Waals surface area contributed by atoms with Crippen molar-refractivity contribution < 1.29 is 23.8 Å². The van der Waals surface area contributed by atoms with Gasteiger partial charge in [-0.2, -0.15) is 0 Å². The summed E-state index contributed by atoms with van der Waals surface area (Å²) in [5.74, 6) is -0.474. The Morgan fingerprint density at radius 2 is 2.05 bits per heavy atom. The maximum absolute atomic E-state index is 15.7. The summed E-state index contributed by atoms with van der Waals surface area (Å²) in [5.41, 5.74) is 9.31. The third kappa shape index (κ3) is 5.33. The lowest BCUT2D eigenvalue weighted by Gasteiger charge is -2.23. The van der Waals surface area contributed by atoms with E-state index in [1.807, 2.05) is 6.07 Å². The van der Waals surface area contributed by atoms with E-state index < -0.39 is 11.4 Å². The molecule has 0 bridgehead atoms. The van der Waals surface area contributed by atoms with Crippen LogP contribution in [0.3, 0.4) is 0 Å². The van der Waals surface area contributed by atoms with Crippen LogP contribution in [0.2, 0.25) is 0 Å². The molecule has 4 rings (SSSR count). The number of nitrogen functional groups attached to an aromatic ring is 1. The average Bonchev–Trinajstić information content (AvgIpc) is 3.17. The molecule has 2 aromatic carbocycles. The van der Waals surface area contributed by atoms with Crippen molar-refractivity contribution in [1.29, 1.82) is 0 Å². The number of hydrogen-bond donors (Lipinski definition) is 2. The summed E-state index contributed by atoms with van der Waals surface area (Å²) < 4.78 is 26.8. The first-order chi connectivity index (χ1) is 17.7. The zero-order chi connectivity index (χ0) is 26.7. The van der Waals surface area contributed by atoms with E-state index in [4.69, 9.17) is 15.2 Å². The van der Waals surface area contributed by atoms with Gasteiger partial charge in [-0.25, -0.2) is 4.39 Å². The molecule has 3 N–H and O–H groups in total. The van der Waals surface area contributed by atoms with E-state index in [-0.39, 0.29) is 24.6 Å². The number of aliphatic hydroxyl groups is 1. The van der Waals surface area contributed by atoms with E-state index in [1.165, 1.54) is 6.07 Å². The first kappa shape index (κ1) is 26.2. The number of aliphatic imine (C=N–C) groups is 1. The Balaban J connectivity index is 1.77. The molecule has 1 aliphatic rings. The summed E-state index contributed by atoms with van der Waals surface area (Å²) >= 11 is 0. The zero-order valence-electron chi connectivity index (χ0n) is 21.4. The molecular weight excluding hydrogens is 475 g/mol. The third-order valence-electron chi connectivity index (χ3n) is 6.31. The predicted octanol–water partition coefficient (Wildman–Crippen LogP) is 3.93. The van der Waals surface area contributed by atoms with Gasteiger partial charge in [0, 0.05) is 61.1 Å². The van der Waals surface area contributed by atoms with E-state index in [2.05, 4.69) is 9.98 Å². The summed E-state index contributed by atoms with van der Waals surface area (Å²) in [7, 11) is 3.17. The highest BCUT2D eigenvalue weighted by molar-refractivity contribution is 5.98. The number of halogens is 1. The van der Waals surface area contributed by atoms with Gasteiger partial charge < -0.3 is 25.2 Å². The molecule has 0 unspecified atom stereocenters. The summed E-state index contributed by atoms with van der Waals surface area (Å²) in [6.45, 7) is 4.17. The molecule has 8 nitrogen and oxygen atoms in total. The Hall–Kier alpha value is -3.82. The molecule has 2 heterocycles. The quantitative estimate of drug-likeness (QED) is 0.259. The average molecular weight is 507 g/mol. The summed E-state index contributed by atoms with van der Waals surface area (Å²) in [6.07, 6.45) is 3.16. The van der Waals surface area contributed by atoms with Gasteiger partial charge in [-0.05, 0) is 43.2 Å². The smallest absolute Gasteiger partial charge is 0.273 e. The second-order valence-corrected chi connectivity index (χ2v) is 9.38. The minimum Gasteiger partial charge on any atom is -0.491 e. The lowest BCUT2D eigenvalue weighted by molar-refractivity contribution is 0.0757. The van der Waals surface area contributed by atoms with Crippen LogP contribution in [0.25, 0.3) is 11.1 Å². The number of hydrogen-bond acceptors (Lipinski definition) is 7. The molecule has 1 aromatic heterocycles. The topological polar surface area (TPSA) is 110 Å². The van der Waals surface area contributed by atoms with Gasteiger partial charge in [0.1, 0.15) is 23.9 Å². The number of carbonyl (C=O) groups excluding carboxylic acids is 1. The summed E-state index contributed by atoms with van der Waals surface area (Å²) in [5, 5.41) is 10.5. The number of benzene rings is 2. The fourth-order valence-electron chi connectivity index (χ4n) is 4.48. The highest BCUT2D eigenvalue weighted by atomic mass is 19.1. The van der Waals surface area contributed by atoms with Crippen LogP contribution in [-0.4, -0.2) is 54.5 Å². The van der Waals surface area contributed by atoms with Gasteiger partial charge in [-0.1, -0.05) is 18.2 Å². The first-order valence-corrected chi connectivity index (χ1v) is 11.9. The molecule has 9 heteroatoms. The number of fused-ring (bicyclic) bond motifs is 1. The number of nitrogens with zero attached hydrogens (tertiary/aromatic N) is 3. The normalized spacial score (nSPS) is 13.5. The molecule has 194 valence electrons. The van der Waals surface area contributed by atoms with Crippen molar-refractivity contribution in [1.82, 2.24) is 9.88 Å². The molecule has 37 heavy (non-hydrogen) atoms. The van der Waals surface area contributed by atoms with Crippen LogP contribution in [0.5, 0.6) is 5.75 Å². The van der Waals surface area contributed by atoms with Gasteiger partial charge >= 0.3 is 0 Å². The SMILES string of the molecule is CN=Cc1c(-c2cc(F)c(CN3Cc4cccnc4C3=O)c(OCCOC)c2)ccc(C(C)(C)O)c1N. The molecule has 0 atom stereocenters. The molecule has 3 aromatic rings. The van der Waals surface area contributed by atoms with Gasteiger partial charge in [-0.3, -0.25) is 14.8 Å². The Morgan fingerprint density at radius 3 is 2.73 bits per heavy atom. The van der Waals surface area contributed by atoms with E-state index >= 15 is 4.39 Å². The Morgan fingerprint density at radius 1 is 1.27 bits per heavy atom. The van der Waals surface area contributed by atoms with Gasteiger partial charge in [0.15, 0.2) is 0 Å². The Labute approximate surface area is 215 Å². The second-order valence-electron chi connectivity index (χ2n) is 9.38. The van der Waals surface area contributed by atoms with Crippen molar-refractivity contribution in [2.45, 2.75) is 32.5 Å². The third-order valence-corrected chi connectivity index (χ3v) is 6.31. The molecule has 0 saturated carbocycles. The number of amides is 1. The number of pyridine rings is 1. The number of carbonyl (C=O) groups is 1. The van der Waals surface area contributed by atoms with Crippen LogP contribution in [0.15, 0.2) is 47.6 Å².